The van der Waals surface area contributed by atoms with Gasteiger partial charge in [0.2, 0.25) is 5.91 Å². The standard InChI is InChI=1S/C4H10N2O2.C2HF3O2/c5-4(8)3-6-1-2-7;3-2(4,5)1(6)7/h6-7H,1-3H2,(H2,5,8);(H,6,7). The summed E-state index contributed by atoms with van der Waals surface area (Å²) < 4.78 is 31.7. The zero-order valence-electron chi connectivity index (χ0n) is 7.54. The minimum absolute atomic E-state index is 0.0350. The average Bonchev–Trinajstić information content (AvgIpc) is 2.03. The fourth-order valence-corrected chi connectivity index (χ4v) is 0.291. The van der Waals surface area contributed by atoms with Gasteiger partial charge in [-0.1, -0.05) is 0 Å². The van der Waals surface area contributed by atoms with Gasteiger partial charge in [0.15, 0.2) is 0 Å². The highest BCUT2D eigenvalue weighted by molar-refractivity contribution is 5.75. The molecule has 0 aliphatic heterocycles. The maximum atomic E-state index is 10.6. The minimum Gasteiger partial charge on any atom is -0.475 e. The van der Waals surface area contributed by atoms with Gasteiger partial charge in [0.25, 0.3) is 0 Å². The van der Waals surface area contributed by atoms with Gasteiger partial charge >= 0.3 is 12.1 Å². The summed E-state index contributed by atoms with van der Waals surface area (Å²) in [6.45, 7) is 0.594. The molecule has 0 rings (SSSR count). The van der Waals surface area contributed by atoms with Gasteiger partial charge in [0, 0.05) is 6.54 Å². The molecule has 0 saturated heterocycles. The molecular weight excluding hydrogens is 221 g/mol. The zero-order valence-corrected chi connectivity index (χ0v) is 7.54. The van der Waals surface area contributed by atoms with Crippen LogP contribution in [-0.4, -0.2) is 48.0 Å². The summed E-state index contributed by atoms with van der Waals surface area (Å²) in [6.07, 6.45) is -5.08. The summed E-state index contributed by atoms with van der Waals surface area (Å²) in [6, 6.07) is 0. The van der Waals surface area contributed by atoms with E-state index in [4.69, 9.17) is 20.7 Å². The number of carboxylic acid groups (broad SMARTS) is 1. The molecule has 6 nitrogen and oxygen atoms in total. The van der Waals surface area contributed by atoms with E-state index in [-0.39, 0.29) is 13.2 Å². The molecule has 0 heterocycles. The van der Waals surface area contributed by atoms with Crippen LogP contribution in [-0.2, 0) is 9.59 Å². The summed E-state index contributed by atoms with van der Waals surface area (Å²) in [7, 11) is 0. The third kappa shape index (κ3) is 15.4. The number of carboxylic acids is 1. The van der Waals surface area contributed by atoms with E-state index >= 15 is 0 Å². The largest absolute Gasteiger partial charge is 0.490 e. The van der Waals surface area contributed by atoms with E-state index in [1.807, 2.05) is 0 Å². The van der Waals surface area contributed by atoms with Crippen molar-refractivity contribution in [3.05, 3.63) is 0 Å². The third-order valence-corrected chi connectivity index (χ3v) is 0.830. The lowest BCUT2D eigenvalue weighted by Crippen LogP contribution is -2.30. The summed E-state index contributed by atoms with van der Waals surface area (Å²) in [5.41, 5.74) is 4.75. The van der Waals surface area contributed by atoms with Gasteiger partial charge in [-0.3, -0.25) is 4.79 Å². The van der Waals surface area contributed by atoms with E-state index in [1.165, 1.54) is 0 Å². The van der Waals surface area contributed by atoms with Crippen molar-refractivity contribution >= 4 is 11.9 Å². The number of hydrogen-bond acceptors (Lipinski definition) is 4. The Kier molecular flexibility index (Phi) is 8.58. The second kappa shape index (κ2) is 8.00. The molecule has 0 aromatic heterocycles. The van der Waals surface area contributed by atoms with Crippen LogP contribution in [0, 0.1) is 0 Å². The molecule has 9 heteroatoms. The highest BCUT2D eigenvalue weighted by Gasteiger charge is 2.38. The van der Waals surface area contributed by atoms with Crippen molar-refractivity contribution < 1.29 is 33.0 Å². The monoisotopic (exact) mass is 232 g/mol. The zero-order chi connectivity index (χ0) is 12.5. The Hall–Kier alpha value is -1.35. The van der Waals surface area contributed by atoms with E-state index in [0.29, 0.717) is 6.54 Å². The number of aliphatic hydroxyl groups excluding tert-OH is 1. The Morgan fingerprint density at radius 2 is 1.73 bits per heavy atom. The number of aliphatic carboxylic acids is 1. The maximum Gasteiger partial charge on any atom is 0.490 e. The highest BCUT2D eigenvalue weighted by Crippen LogP contribution is 2.13. The molecule has 15 heavy (non-hydrogen) atoms. The number of carbonyl (C=O) groups is 2. The van der Waals surface area contributed by atoms with Crippen LogP contribution < -0.4 is 11.1 Å². The van der Waals surface area contributed by atoms with Crippen molar-refractivity contribution in [1.82, 2.24) is 5.32 Å². The van der Waals surface area contributed by atoms with E-state index in [1.54, 1.807) is 0 Å². The number of amides is 1. The first-order valence-corrected chi connectivity index (χ1v) is 3.61. The van der Waals surface area contributed by atoms with Crippen molar-refractivity contribution in [2.24, 2.45) is 5.73 Å². The van der Waals surface area contributed by atoms with Gasteiger partial charge in [0.1, 0.15) is 0 Å². The number of alkyl halides is 3. The van der Waals surface area contributed by atoms with E-state index in [2.05, 4.69) is 5.32 Å². The molecule has 0 atom stereocenters. The van der Waals surface area contributed by atoms with Crippen LogP contribution in [0.5, 0.6) is 0 Å². The van der Waals surface area contributed by atoms with Gasteiger partial charge < -0.3 is 21.3 Å². The Morgan fingerprint density at radius 1 is 1.33 bits per heavy atom. The van der Waals surface area contributed by atoms with Crippen LogP contribution in [0.1, 0.15) is 0 Å². The summed E-state index contributed by atoms with van der Waals surface area (Å²) in [5, 5.41) is 17.9. The molecule has 0 saturated carbocycles. The molecular formula is C6H11F3N2O4. The predicted octanol–water partition coefficient (Wildman–Crippen LogP) is -1.31. The van der Waals surface area contributed by atoms with Crippen LogP contribution in [0.2, 0.25) is 0 Å². The number of aliphatic hydroxyl groups is 1. The molecule has 0 bridgehead atoms. The van der Waals surface area contributed by atoms with E-state index in [9.17, 15) is 18.0 Å². The summed E-state index contributed by atoms with van der Waals surface area (Å²) >= 11 is 0. The third-order valence-electron chi connectivity index (χ3n) is 0.830. The average molecular weight is 232 g/mol. The predicted molar refractivity (Wildman–Crippen MR) is 42.8 cm³/mol. The lowest BCUT2D eigenvalue weighted by atomic mass is 10.6. The Bertz CT molecular complexity index is 207. The second-order valence-electron chi connectivity index (χ2n) is 2.17. The normalized spacial score (nSPS) is 10.1. The van der Waals surface area contributed by atoms with Crippen molar-refractivity contribution in [2.45, 2.75) is 6.18 Å². The molecule has 1 amide bonds. The number of rotatable bonds is 4. The smallest absolute Gasteiger partial charge is 0.475 e. The number of hydrogen-bond donors (Lipinski definition) is 4. The summed E-state index contributed by atoms with van der Waals surface area (Å²) in [5.74, 6) is -3.16. The number of carbonyl (C=O) groups excluding carboxylic acids is 1. The van der Waals surface area contributed by atoms with E-state index < -0.39 is 18.1 Å². The van der Waals surface area contributed by atoms with Crippen molar-refractivity contribution in [2.75, 3.05) is 19.7 Å². The minimum atomic E-state index is -5.08. The first-order valence-electron chi connectivity index (χ1n) is 3.61. The molecule has 0 aromatic carbocycles. The Balaban J connectivity index is 0. The van der Waals surface area contributed by atoms with Gasteiger partial charge in [-0.2, -0.15) is 13.2 Å². The highest BCUT2D eigenvalue weighted by atomic mass is 19.4. The number of halogens is 3. The van der Waals surface area contributed by atoms with Crippen LogP contribution >= 0.6 is 0 Å². The fourth-order valence-electron chi connectivity index (χ4n) is 0.291. The maximum absolute atomic E-state index is 10.6. The van der Waals surface area contributed by atoms with Crippen LogP contribution in [0.4, 0.5) is 13.2 Å². The SMILES string of the molecule is NC(=O)CNCCO.O=C(O)C(F)(F)F. The molecule has 0 aromatic rings. The molecule has 0 fully saturated rings. The number of nitrogens with two attached hydrogens (primary N) is 1. The second-order valence-corrected chi connectivity index (χ2v) is 2.17. The molecule has 90 valence electrons. The molecule has 0 radical (unpaired) electrons. The Morgan fingerprint density at radius 3 is 1.93 bits per heavy atom. The van der Waals surface area contributed by atoms with Crippen molar-refractivity contribution in [3.63, 3.8) is 0 Å². The quantitative estimate of drug-likeness (QED) is 0.449. The van der Waals surface area contributed by atoms with Gasteiger partial charge in [-0.15, -0.1) is 0 Å². The molecule has 0 spiro atoms. The summed E-state index contributed by atoms with van der Waals surface area (Å²) in [4.78, 5) is 18.8. The molecule has 0 aliphatic carbocycles. The molecule has 5 N–H and O–H groups in total. The number of primary amides is 1. The van der Waals surface area contributed by atoms with Gasteiger partial charge in [-0.05, 0) is 0 Å². The van der Waals surface area contributed by atoms with E-state index in [0.717, 1.165) is 0 Å². The Labute approximate surface area is 82.9 Å². The molecule has 0 aliphatic rings. The fraction of sp³-hybridized carbons (Fsp3) is 0.667. The first kappa shape index (κ1) is 16.1. The van der Waals surface area contributed by atoms with Gasteiger partial charge in [-0.25, -0.2) is 4.79 Å². The molecule has 0 unspecified atom stereocenters. The van der Waals surface area contributed by atoms with Crippen LogP contribution in [0.3, 0.4) is 0 Å². The lowest BCUT2D eigenvalue weighted by Gasteiger charge is -1.94. The lowest BCUT2D eigenvalue weighted by molar-refractivity contribution is -0.192. The van der Waals surface area contributed by atoms with Crippen LogP contribution in [0.15, 0.2) is 0 Å². The van der Waals surface area contributed by atoms with Crippen molar-refractivity contribution in [3.8, 4) is 0 Å². The van der Waals surface area contributed by atoms with Gasteiger partial charge in [0.05, 0.1) is 13.2 Å². The number of nitrogens with one attached hydrogen (secondary N) is 1. The van der Waals surface area contributed by atoms with Crippen molar-refractivity contribution in [1.29, 1.82) is 0 Å². The first-order chi connectivity index (χ1) is 6.71. The van der Waals surface area contributed by atoms with Crippen LogP contribution in [0.25, 0.3) is 0 Å². The topological polar surface area (TPSA) is 113 Å².